The number of para-hydroxylation sites is 2. The molecular weight excluding hydrogens is 456 g/mol. The zero-order valence-corrected chi connectivity index (χ0v) is 21.1. The van der Waals surface area contributed by atoms with Crippen molar-refractivity contribution in [1.82, 2.24) is 43.8 Å². The fourth-order valence-corrected chi connectivity index (χ4v) is 4.78. The molecule has 0 unspecified atom stereocenters. The molecule has 5 aromatic rings. The average molecular weight is 487 g/mol. The van der Waals surface area contributed by atoms with E-state index >= 15 is 0 Å². The number of rotatable bonds is 6. The lowest BCUT2D eigenvalue weighted by Crippen LogP contribution is -2.37. The van der Waals surface area contributed by atoms with Gasteiger partial charge in [0.2, 0.25) is 5.95 Å². The number of fused-ring (bicyclic) bond motifs is 2. The van der Waals surface area contributed by atoms with Crippen molar-refractivity contribution in [2.45, 2.75) is 33.7 Å². The van der Waals surface area contributed by atoms with Crippen molar-refractivity contribution in [3.63, 3.8) is 0 Å². The van der Waals surface area contributed by atoms with Gasteiger partial charge in [-0.25, -0.2) is 19.6 Å². The van der Waals surface area contributed by atoms with Crippen molar-refractivity contribution in [3.05, 3.63) is 36.4 Å². The van der Waals surface area contributed by atoms with E-state index in [1.54, 1.807) is 6.33 Å². The molecule has 0 N–H and O–H groups in total. The van der Waals surface area contributed by atoms with E-state index in [0.29, 0.717) is 25.1 Å². The minimum Gasteiger partial charge on any atom is -0.378 e. The highest BCUT2D eigenvalue weighted by atomic mass is 16.5. The number of aryl methyl sites for hydroxylation is 2. The van der Waals surface area contributed by atoms with Crippen molar-refractivity contribution < 1.29 is 4.74 Å². The minimum atomic E-state index is 0.428. The van der Waals surface area contributed by atoms with E-state index in [0.717, 1.165) is 71.5 Å². The standard InChI is InChI=1S/C25H30N10O/c1-5-19-28-17-8-6-7-9-18(17)35(19)25-30-21-20(22(31-25)33-10-12-36-13-11-33)29-24(32(21)4)23-26-15-27-34(23)14-16(2)3/h6-9,15-16H,5,10-14H2,1-4H3. The molecule has 36 heavy (non-hydrogen) atoms. The molecule has 6 rings (SSSR count). The topological polar surface area (TPSA) is 105 Å². The van der Waals surface area contributed by atoms with Gasteiger partial charge in [0.15, 0.2) is 28.6 Å². The molecule has 1 aliphatic rings. The first-order valence-corrected chi connectivity index (χ1v) is 12.5. The van der Waals surface area contributed by atoms with Gasteiger partial charge in [-0.15, -0.1) is 0 Å². The Morgan fingerprint density at radius 3 is 2.58 bits per heavy atom. The molecule has 1 saturated heterocycles. The van der Waals surface area contributed by atoms with Gasteiger partial charge in [0, 0.05) is 33.1 Å². The number of hydrogen-bond donors (Lipinski definition) is 0. The van der Waals surface area contributed by atoms with Gasteiger partial charge in [-0.3, -0.25) is 4.57 Å². The van der Waals surface area contributed by atoms with Gasteiger partial charge in [-0.2, -0.15) is 15.1 Å². The van der Waals surface area contributed by atoms with Gasteiger partial charge in [0.05, 0.1) is 24.2 Å². The second kappa shape index (κ2) is 8.98. The fraction of sp³-hybridized carbons (Fsp3) is 0.440. The van der Waals surface area contributed by atoms with Crippen LogP contribution in [-0.2, 0) is 24.8 Å². The molecule has 0 saturated carbocycles. The minimum absolute atomic E-state index is 0.428. The summed E-state index contributed by atoms with van der Waals surface area (Å²) in [6, 6.07) is 8.11. The number of imidazole rings is 2. The molecule has 0 spiro atoms. The first-order chi connectivity index (χ1) is 17.5. The van der Waals surface area contributed by atoms with Gasteiger partial charge in [-0.1, -0.05) is 32.9 Å². The second-order valence-electron chi connectivity index (χ2n) is 9.48. The lowest BCUT2D eigenvalue weighted by atomic mass is 10.2. The molecule has 1 aromatic carbocycles. The molecule has 5 heterocycles. The Balaban J connectivity index is 1.60. The number of nitrogens with zero attached hydrogens (tertiary/aromatic N) is 10. The van der Waals surface area contributed by atoms with E-state index in [9.17, 15) is 0 Å². The van der Waals surface area contributed by atoms with E-state index < -0.39 is 0 Å². The van der Waals surface area contributed by atoms with Crippen molar-refractivity contribution in [2.75, 3.05) is 31.2 Å². The highest BCUT2D eigenvalue weighted by Gasteiger charge is 2.26. The zero-order chi connectivity index (χ0) is 24.8. The van der Waals surface area contributed by atoms with Crippen LogP contribution in [0.5, 0.6) is 0 Å². The Labute approximate surface area is 208 Å². The smallest absolute Gasteiger partial charge is 0.239 e. The lowest BCUT2D eigenvalue weighted by Gasteiger charge is -2.28. The third-order valence-electron chi connectivity index (χ3n) is 6.50. The van der Waals surface area contributed by atoms with Crippen molar-refractivity contribution in [1.29, 1.82) is 0 Å². The molecule has 11 heteroatoms. The maximum absolute atomic E-state index is 5.62. The maximum atomic E-state index is 5.62. The molecular formula is C25H30N10O. The number of aromatic nitrogens is 9. The van der Waals surface area contributed by atoms with Gasteiger partial charge < -0.3 is 14.2 Å². The van der Waals surface area contributed by atoms with E-state index in [4.69, 9.17) is 24.7 Å². The van der Waals surface area contributed by atoms with Crippen LogP contribution in [-0.4, -0.2) is 70.1 Å². The van der Waals surface area contributed by atoms with Crippen molar-refractivity contribution in [2.24, 2.45) is 13.0 Å². The SMILES string of the molecule is CCc1nc2ccccc2n1-c1nc(N2CCOCC2)c2nc(-c3ncnn3CC(C)C)n(C)c2n1. The van der Waals surface area contributed by atoms with Crippen molar-refractivity contribution >= 4 is 28.0 Å². The predicted molar refractivity (Wildman–Crippen MR) is 137 cm³/mol. The Morgan fingerprint density at radius 2 is 1.81 bits per heavy atom. The van der Waals surface area contributed by atoms with Gasteiger partial charge >= 0.3 is 0 Å². The largest absolute Gasteiger partial charge is 0.378 e. The summed E-state index contributed by atoms with van der Waals surface area (Å²) in [5.41, 5.74) is 3.41. The summed E-state index contributed by atoms with van der Waals surface area (Å²) >= 11 is 0. The monoisotopic (exact) mass is 486 g/mol. The summed E-state index contributed by atoms with van der Waals surface area (Å²) in [7, 11) is 1.98. The maximum Gasteiger partial charge on any atom is 0.239 e. The Hall–Kier alpha value is -3.86. The quantitative estimate of drug-likeness (QED) is 0.361. The summed E-state index contributed by atoms with van der Waals surface area (Å²) in [6.07, 6.45) is 2.35. The normalized spacial score (nSPS) is 14.5. The third-order valence-corrected chi connectivity index (χ3v) is 6.50. The summed E-state index contributed by atoms with van der Waals surface area (Å²) in [5, 5.41) is 4.45. The molecule has 186 valence electrons. The van der Waals surface area contributed by atoms with E-state index in [1.165, 1.54) is 0 Å². The molecule has 0 bridgehead atoms. The third kappa shape index (κ3) is 3.70. The van der Waals surface area contributed by atoms with Crippen LogP contribution < -0.4 is 4.90 Å². The van der Waals surface area contributed by atoms with E-state index in [-0.39, 0.29) is 0 Å². The number of ether oxygens (including phenoxy) is 1. The molecule has 0 radical (unpaired) electrons. The average Bonchev–Trinajstić information content (AvgIpc) is 3.59. The highest BCUT2D eigenvalue weighted by Crippen LogP contribution is 2.30. The van der Waals surface area contributed by atoms with Gasteiger partial charge in [0.1, 0.15) is 12.2 Å². The first kappa shape index (κ1) is 22.6. The first-order valence-electron chi connectivity index (χ1n) is 12.5. The molecule has 0 atom stereocenters. The predicted octanol–water partition coefficient (Wildman–Crippen LogP) is 3.02. The van der Waals surface area contributed by atoms with Crippen LogP contribution in [0.25, 0.3) is 39.8 Å². The number of morpholine rings is 1. The van der Waals surface area contributed by atoms with Crippen LogP contribution in [0.2, 0.25) is 0 Å². The number of anilines is 1. The van der Waals surface area contributed by atoms with Crippen LogP contribution in [0.1, 0.15) is 26.6 Å². The summed E-state index contributed by atoms with van der Waals surface area (Å²) in [4.78, 5) is 26.8. The number of benzene rings is 1. The summed E-state index contributed by atoms with van der Waals surface area (Å²) < 4.78 is 11.6. The van der Waals surface area contributed by atoms with Crippen LogP contribution in [0.15, 0.2) is 30.6 Å². The summed E-state index contributed by atoms with van der Waals surface area (Å²) in [5.74, 6) is 4.18. The Morgan fingerprint density at radius 1 is 1.00 bits per heavy atom. The van der Waals surface area contributed by atoms with Crippen LogP contribution in [0.3, 0.4) is 0 Å². The number of hydrogen-bond acceptors (Lipinski definition) is 8. The molecule has 4 aromatic heterocycles. The molecule has 0 amide bonds. The van der Waals surface area contributed by atoms with Crippen molar-refractivity contribution in [3.8, 4) is 17.6 Å². The zero-order valence-electron chi connectivity index (χ0n) is 21.1. The molecule has 1 aliphatic heterocycles. The van der Waals surface area contributed by atoms with Crippen LogP contribution >= 0.6 is 0 Å². The lowest BCUT2D eigenvalue weighted by molar-refractivity contribution is 0.122. The Bertz CT molecular complexity index is 1540. The van der Waals surface area contributed by atoms with Gasteiger partial charge in [0.25, 0.3) is 0 Å². The van der Waals surface area contributed by atoms with Crippen LogP contribution in [0.4, 0.5) is 5.82 Å². The molecule has 11 nitrogen and oxygen atoms in total. The Kier molecular flexibility index (Phi) is 5.63. The molecule has 1 fully saturated rings. The summed E-state index contributed by atoms with van der Waals surface area (Å²) in [6.45, 7) is 9.97. The van der Waals surface area contributed by atoms with E-state index in [2.05, 4.69) is 46.4 Å². The highest BCUT2D eigenvalue weighted by molar-refractivity contribution is 5.88. The molecule has 0 aliphatic carbocycles. The van der Waals surface area contributed by atoms with E-state index in [1.807, 2.05) is 34.5 Å². The van der Waals surface area contributed by atoms with Crippen LogP contribution in [0, 0.1) is 5.92 Å². The second-order valence-corrected chi connectivity index (χ2v) is 9.48. The van der Waals surface area contributed by atoms with Gasteiger partial charge in [-0.05, 0) is 18.1 Å². The fourth-order valence-electron chi connectivity index (χ4n) is 4.78.